The van der Waals surface area contributed by atoms with Crippen molar-refractivity contribution in [1.29, 1.82) is 0 Å². The number of hydrogen-bond donors (Lipinski definition) is 2. The molecule has 3 N–H and O–H groups in total. The molecule has 2 aromatic carbocycles. The van der Waals surface area contributed by atoms with Crippen LogP contribution in [0.25, 0.3) is 0 Å². The summed E-state index contributed by atoms with van der Waals surface area (Å²) in [4.78, 5) is 12.0. The second-order valence-electron chi connectivity index (χ2n) is 4.58. The van der Waals surface area contributed by atoms with Crippen molar-refractivity contribution in [3.63, 3.8) is 0 Å². The zero-order valence-electron chi connectivity index (χ0n) is 11.0. The lowest BCUT2D eigenvalue weighted by Crippen LogP contribution is -2.22. The molecule has 3 nitrogen and oxygen atoms in total. The van der Waals surface area contributed by atoms with Crippen LogP contribution in [0.5, 0.6) is 0 Å². The molecule has 98 valence electrons. The third-order valence-corrected chi connectivity index (χ3v) is 2.96. The van der Waals surface area contributed by atoms with Crippen molar-refractivity contribution in [2.24, 2.45) is 5.73 Å². The van der Waals surface area contributed by atoms with E-state index in [4.69, 9.17) is 5.73 Å². The van der Waals surface area contributed by atoms with E-state index >= 15 is 0 Å². The van der Waals surface area contributed by atoms with Gasteiger partial charge in [-0.2, -0.15) is 0 Å². The minimum atomic E-state index is -0.0538. The molecule has 19 heavy (non-hydrogen) atoms. The molecular formula is C16H18N2O. The van der Waals surface area contributed by atoms with Gasteiger partial charge in [-0.05, 0) is 30.2 Å². The van der Waals surface area contributed by atoms with Gasteiger partial charge in [-0.3, -0.25) is 4.79 Å². The molecule has 0 saturated heterocycles. The molecule has 2 aromatic rings. The number of carbonyl (C=O) groups excluding carboxylic acids is 1. The summed E-state index contributed by atoms with van der Waals surface area (Å²) in [6.07, 6.45) is 0. The molecule has 1 amide bonds. The van der Waals surface area contributed by atoms with E-state index in [0.717, 1.165) is 16.7 Å². The molecule has 0 radical (unpaired) electrons. The molecule has 0 bridgehead atoms. The first-order chi connectivity index (χ1) is 9.19. The zero-order chi connectivity index (χ0) is 13.7. The maximum absolute atomic E-state index is 12.0. The molecule has 0 atom stereocenters. The van der Waals surface area contributed by atoms with Gasteiger partial charge < -0.3 is 11.1 Å². The maximum atomic E-state index is 12.0. The summed E-state index contributed by atoms with van der Waals surface area (Å²) in [5.74, 6) is -0.0538. The summed E-state index contributed by atoms with van der Waals surface area (Å²) in [5, 5.41) is 2.91. The smallest absolute Gasteiger partial charge is 0.251 e. The highest BCUT2D eigenvalue weighted by atomic mass is 16.1. The Labute approximate surface area is 113 Å². The number of rotatable bonds is 4. The monoisotopic (exact) mass is 254 g/mol. The van der Waals surface area contributed by atoms with E-state index in [1.165, 1.54) is 0 Å². The van der Waals surface area contributed by atoms with Crippen molar-refractivity contribution in [2.75, 3.05) is 0 Å². The second-order valence-corrected chi connectivity index (χ2v) is 4.58. The van der Waals surface area contributed by atoms with Crippen molar-refractivity contribution in [3.05, 3.63) is 70.8 Å². The average Bonchev–Trinajstić information content (AvgIpc) is 2.45. The Bertz CT molecular complexity index is 578. The van der Waals surface area contributed by atoms with Gasteiger partial charge in [0.25, 0.3) is 5.91 Å². The van der Waals surface area contributed by atoms with Gasteiger partial charge in [0.1, 0.15) is 0 Å². The zero-order valence-corrected chi connectivity index (χ0v) is 11.0. The second kappa shape index (κ2) is 6.16. The lowest BCUT2D eigenvalue weighted by molar-refractivity contribution is 0.0951. The fourth-order valence-corrected chi connectivity index (χ4v) is 1.94. The molecule has 0 aliphatic carbocycles. The Morgan fingerprint density at radius 3 is 2.58 bits per heavy atom. The molecular weight excluding hydrogens is 236 g/mol. The van der Waals surface area contributed by atoms with Gasteiger partial charge in [-0.1, -0.05) is 42.0 Å². The summed E-state index contributed by atoms with van der Waals surface area (Å²) in [6, 6.07) is 15.5. The predicted octanol–water partition coefficient (Wildman–Crippen LogP) is 2.38. The predicted molar refractivity (Wildman–Crippen MR) is 76.7 cm³/mol. The standard InChI is InChI=1S/C16H18N2O/c1-12-4-2-7-15(8-12)16(19)18-11-14-6-3-5-13(9-14)10-17/h2-9H,10-11,17H2,1H3,(H,18,19). The summed E-state index contributed by atoms with van der Waals surface area (Å²) in [5.41, 5.74) is 9.50. The van der Waals surface area contributed by atoms with E-state index in [9.17, 15) is 4.79 Å². The summed E-state index contributed by atoms with van der Waals surface area (Å²) < 4.78 is 0. The Hall–Kier alpha value is -2.13. The van der Waals surface area contributed by atoms with Crippen molar-refractivity contribution in [2.45, 2.75) is 20.0 Å². The highest BCUT2D eigenvalue weighted by molar-refractivity contribution is 5.94. The van der Waals surface area contributed by atoms with Crippen LogP contribution in [-0.2, 0) is 13.1 Å². The van der Waals surface area contributed by atoms with E-state index in [0.29, 0.717) is 18.7 Å². The molecule has 0 saturated carbocycles. The van der Waals surface area contributed by atoms with Gasteiger partial charge >= 0.3 is 0 Å². The molecule has 0 heterocycles. The molecule has 0 aliphatic rings. The lowest BCUT2D eigenvalue weighted by Gasteiger charge is -2.07. The number of benzene rings is 2. The molecule has 0 spiro atoms. The highest BCUT2D eigenvalue weighted by Gasteiger charge is 2.05. The SMILES string of the molecule is Cc1cccc(C(=O)NCc2cccc(CN)c2)c1. The quantitative estimate of drug-likeness (QED) is 0.880. The highest BCUT2D eigenvalue weighted by Crippen LogP contribution is 2.06. The third-order valence-electron chi connectivity index (χ3n) is 2.96. The minimum absolute atomic E-state index is 0.0538. The van der Waals surface area contributed by atoms with Crippen molar-refractivity contribution >= 4 is 5.91 Å². The van der Waals surface area contributed by atoms with Crippen LogP contribution in [0, 0.1) is 6.92 Å². The van der Waals surface area contributed by atoms with Crippen LogP contribution in [-0.4, -0.2) is 5.91 Å². The third kappa shape index (κ3) is 3.66. The lowest BCUT2D eigenvalue weighted by atomic mass is 10.1. The van der Waals surface area contributed by atoms with Gasteiger partial charge in [0.05, 0.1) is 0 Å². The Kier molecular flexibility index (Phi) is 4.31. The summed E-state index contributed by atoms with van der Waals surface area (Å²) in [6.45, 7) is 3.00. The first-order valence-corrected chi connectivity index (χ1v) is 6.32. The van der Waals surface area contributed by atoms with Crippen molar-refractivity contribution < 1.29 is 4.79 Å². The molecule has 0 aromatic heterocycles. The van der Waals surface area contributed by atoms with Gasteiger partial charge in [-0.25, -0.2) is 0 Å². The maximum Gasteiger partial charge on any atom is 0.251 e. The molecule has 0 unspecified atom stereocenters. The molecule has 2 rings (SSSR count). The van der Waals surface area contributed by atoms with E-state index in [1.54, 1.807) is 0 Å². The van der Waals surface area contributed by atoms with Gasteiger partial charge in [-0.15, -0.1) is 0 Å². The molecule has 0 fully saturated rings. The Morgan fingerprint density at radius 1 is 1.11 bits per heavy atom. The fraction of sp³-hybridized carbons (Fsp3) is 0.188. The van der Waals surface area contributed by atoms with Gasteiger partial charge in [0, 0.05) is 18.7 Å². The fourth-order valence-electron chi connectivity index (χ4n) is 1.94. The molecule has 3 heteroatoms. The van der Waals surface area contributed by atoms with E-state index in [-0.39, 0.29) is 5.91 Å². The summed E-state index contributed by atoms with van der Waals surface area (Å²) >= 11 is 0. The number of hydrogen-bond acceptors (Lipinski definition) is 2. The Morgan fingerprint density at radius 2 is 1.84 bits per heavy atom. The molecule has 0 aliphatic heterocycles. The first kappa shape index (κ1) is 13.3. The van der Waals surface area contributed by atoms with E-state index in [2.05, 4.69) is 5.32 Å². The number of nitrogens with two attached hydrogens (primary N) is 1. The van der Waals surface area contributed by atoms with Crippen LogP contribution >= 0.6 is 0 Å². The first-order valence-electron chi connectivity index (χ1n) is 6.32. The van der Waals surface area contributed by atoms with Crippen LogP contribution in [0.15, 0.2) is 48.5 Å². The van der Waals surface area contributed by atoms with Crippen LogP contribution in [0.3, 0.4) is 0 Å². The van der Waals surface area contributed by atoms with E-state index < -0.39 is 0 Å². The largest absolute Gasteiger partial charge is 0.348 e. The summed E-state index contributed by atoms with van der Waals surface area (Å²) in [7, 11) is 0. The topological polar surface area (TPSA) is 55.1 Å². The van der Waals surface area contributed by atoms with Crippen LogP contribution in [0.4, 0.5) is 0 Å². The van der Waals surface area contributed by atoms with Crippen LogP contribution < -0.4 is 11.1 Å². The number of amides is 1. The van der Waals surface area contributed by atoms with Crippen LogP contribution in [0.2, 0.25) is 0 Å². The average molecular weight is 254 g/mol. The minimum Gasteiger partial charge on any atom is -0.348 e. The Balaban J connectivity index is 2.00. The van der Waals surface area contributed by atoms with E-state index in [1.807, 2.05) is 55.5 Å². The normalized spacial score (nSPS) is 10.2. The van der Waals surface area contributed by atoms with Crippen molar-refractivity contribution in [3.8, 4) is 0 Å². The van der Waals surface area contributed by atoms with Gasteiger partial charge in [0.2, 0.25) is 0 Å². The number of carbonyl (C=O) groups is 1. The van der Waals surface area contributed by atoms with Gasteiger partial charge in [0.15, 0.2) is 0 Å². The number of nitrogens with one attached hydrogen (secondary N) is 1. The van der Waals surface area contributed by atoms with Crippen molar-refractivity contribution in [1.82, 2.24) is 5.32 Å². The number of aryl methyl sites for hydroxylation is 1. The van der Waals surface area contributed by atoms with Crippen LogP contribution in [0.1, 0.15) is 27.0 Å².